The minimum atomic E-state index is -0.306. The van der Waals surface area contributed by atoms with Crippen LogP contribution in [0.5, 0.6) is 0 Å². The maximum Gasteiger partial charge on any atom is 0.253 e. The fraction of sp³-hybridized carbons (Fsp3) is 0.318. The van der Waals surface area contributed by atoms with Gasteiger partial charge in [0.2, 0.25) is 5.91 Å². The summed E-state index contributed by atoms with van der Waals surface area (Å²) in [6.07, 6.45) is 1.37. The van der Waals surface area contributed by atoms with E-state index in [-0.39, 0.29) is 18.0 Å². The fourth-order valence-electron chi connectivity index (χ4n) is 3.35. The summed E-state index contributed by atoms with van der Waals surface area (Å²) in [5.74, 6) is 1.94. The van der Waals surface area contributed by atoms with Gasteiger partial charge in [0.15, 0.2) is 0 Å². The second kappa shape index (κ2) is 9.56. The van der Waals surface area contributed by atoms with Crippen molar-refractivity contribution in [3.05, 3.63) is 64.6 Å². The quantitative estimate of drug-likeness (QED) is 0.603. The molecule has 0 atom stereocenters. The SMILES string of the molecule is Cc1cc(=O)n(CC(=O)Nc2ccc(Nc3cc(N4CCOCC4)nc(C)n3)cc2)cn1. The Morgan fingerprint density at radius 1 is 1.06 bits per heavy atom. The van der Waals surface area contributed by atoms with Crippen molar-refractivity contribution in [1.82, 2.24) is 19.5 Å². The topological polar surface area (TPSA) is 114 Å². The molecular weight excluding hydrogens is 410 g/mol. The molecule has 10 heteroatoms. The zero-order valence-corrected chi connectivity index (χ0v) is 18.0. The summed E-state index contributed by atoms with van der Waals surface area (Å²) < 4.78 is 6.67. The molecule has 1 saturated heterocycles. The maximum absolute atomic E-state index is 12.3. The molecular formula is C22H25N7O3. The van der Waals surface area contributed by atoms with Gasteiger partial charge in [0.25, 0.3) is 5.56 Å². The van der Waals surface area contributed by atoms with Crippen LogP contribution in [0.4, 0.5) is 23.0 Å². The molecule has 1 aliphatic rings. The molecule has 0 saturated carbocycles. The van der Waals surface area contributed by atoms with Gasteiger partial charge in [-0.2, -0.15) is 0 Å². The van der Waals surface area contributed by atoms with Gasteiger partial charge in [-0.3, -0.25) is 14.2 Å². The second-order valence-corrected chi connectivity index (χ2v) is 7.50. The smallest absolute Gasteiger partial charge is 0.253 e. The summed E-state index contributed by atoms with van der Waals surface area (Å²) in [4.78, 5) is 39.4. The van der Waals surface area contributed by atoms with Crippen molar-refractivity contribution in [3.63, 3.8) is 0 Å². The van der Waals surface area contributed by atoms with Gasteiger partial charge in [0, 0.05) is 42.3 Å². The summed E-state index contributed by atoms with van der Waals surface area (Å²) in [6.45, 7) is 6.47. The molecule has 0 spiro atoms. The number of aryl methyl sites for hydroxylation is 2. The van der Waals surface area contributed by atoms with E-state index in [0.717, 1.165) is 24.6 Å². The third kappa shape index (κ3) is 5.46. The first kappa shape index (κ1) is 21.4. The zero-order chi connectivity index (χ0) is 22.5. The number of amides is 1. The molecule has 2 aromatic heterocycles. The Balaban J connectivity index is 1.39. The van der Waals surface area contributed by atoms with E-state index in [0.29, 0.717) is 36.2 Å². The molecule has 4 rings (SSSR count). The summed E-state index contributed by atoms with van der Waals surface area (Å²) in [6, 6.07) is 10.6. The first-order valence-corrected chi connectivity index (χ1v) is 10.3. The van der Waals surface area contributed by atoms with Crippen LogP contribution >= 0.6 is 0 Å². The van der Waals surface area contributed by atoms with Gasteiger partial charge in [-0.1, -0.05) is 0 Å². The predicted molar refractivity (Wildman–Crippen MR) is 121 cm³/mol. The van der Waals surface area contributed by atoms with Gasteiger partial charge in [-0.05, 0) is 38.1 Å². The average molecular weight is 435 g/mol. The van der Waals surface area contributed by atoms with E-state index in [1.54, 1.807) is 19.1 Å². The number of aromatic nitrogens is 4. The van der Waals surface area contributed by atoms with E-state index in [1.807, 2.05) is 25.1 Å². The Labute approximate surface area is 185 Å². The summed E-state index contributed by atoms with van der Waals surface area (Å²) in [5.41, 5.74) is 1.81. The van der Waals surface area contributed by atoms with Crippen LogP contribution in [0, 0.1) is 13.8 Å². The van der Waals surface area contributed by atoms with Crippen LogP contribution in [-0.4, -0.2) is 51.7 Å². The highest BCUT2D eigenvalue weighted by Crippen LogP contribution is 2.22. The van der Waals surface area contributed by atoms with E-state index < -0.39 is 0 Å². The van der Waals surface area contributed by atoms with E-state index in [9.17, 15) is 9.59 Å². The van der Waals surface area contributed by atoms with Crippen molar-refractivity contribution < 1.29 is 9.53 Å². The first-order chi connectivity index (χ1) is 15.5. The van der Waals surface area contributed by atoms with E-state index in [4.69, 9.17) is 4.74 Å². The molecule has 0 unspecified atom stereocenters. The van der Waals surface area contributed by atoms with Crippen molar-refractivity contribution in [2.24, 2.45) is 0 Å². The molecule has 2 N–H and O–H groups in total. The molecule has 0 aliphatic carbocycles. The normalized spacial score (nSPS) is 13.6. The lowest BCUT2D eigenvalue weighted by Gasteiger charge is -2.28. The van der Waals surface area contributed by atoms with Crippen molar-refractivity contribution >= 4 is 28.9 Å². The van der Waals surface area contributed by atoms with E-state index in [2.05, 4.69) is 30.5 Å². The number of carbonyl (C=O) groups is 1. The highest BCUT2D eigenvalue weighted by atomic mass is 16.5. The molecule has 0 bridgehead atoms. The average Bonchev–Trinajstić information content (AvgIpc) is 2.77. The Morgan fingerprint density at radius 3 is 2.50 bits per heavy atom. The number of carbonyl (C=O) groups excluding carboxylic acids is 1. The molecule has 10 nitrogen and oxygen atoms in total. The number of morpholine rings is 1. The lowest BCUT2D eigenvalue weighted by Crippen LogP contribution is -2.36. The molecule has 1 fully saturated rings. The standard InChI is InChI=1S/C22H25N7O3/c1-15-11-22(31)29(14-23-15)13-21(30)27-18-5-3-17(4-6-18)26-19-12-20(25-16(2)24-19)28-7-9-32-10-8-28/h3-6,11-12,14H,7-10,13H2,1-2H3,(H,27,30)(H,24,25,26). The first-order valence-electron chi connectivity index (χ1n) is 10.3. The lowest BCUT2D eigenvalue weighted by molar-refractivity contribution is -0.116. The van der Waals surface area contributed by atoms with Gasteiger partial charge >= 0.3 is 0 Å². The van der Waals surface area contributed by atoms with Crippen molar-refractivity contribution in [2.75, 3.05) is 41.8 Å². The number of nitrogens with zero attached hydrogens (tertiary/aromatic N) is 5. The Hall–Kier alpha value is -3.79. The number of ether oxygens (including phenoxy) is 1. The molecule has 3 aromatic rings. The van der Waals surface area contributed by atoms with Crippen molar-refractivity contribution in [2.45, 2.75) is 20.4 Å². The molecule has 1 aliphatic heterocycles. The van der Waals surface area contributed by atoms with Crippen LogP contribution in [0.15, 0.2) is 47.5 Å². The van der Waals surface area contributed by atoms with Crippen LogP contribution < -0.4 is 21.1 Å². The maximum atomic E-state index is 12.3. The molecule has 0 radical (unpaired) electrons. The molecule has 3 heterocycles. The third-order valence-corrected chi connectivity index (χ3v) is 4.93. The zero-order valence-electron chi connectivity index (χ0n) is 18.0. The fourth-order valence-corrected chi connectivity index (χ4v) is 3.35. The van der Waals surface area contributed by atoms with Crippen LogP contribution in [0.3, 0.4) is 0 Å². The predicted octanol–water partition coefficient (Wildman–Crippen LogP) is 1.87. The van der Waals surface area contributed by atoms with Crippen LogP contribution in [0.25, 0.3) is 0 Å². The summed E-state index contributed by atoms with van der Waals surface area (Å²) in [7, 11) is 0. The van der Waals surface area contributed by atoms with Gasteiger partial charge in [0.05, 0.1) is 19.5 Å². The van der Waals surface area contributed by atoms with Gasteiger partial charge in [0.1, 0.15) is 24.0 Å². The summed E-state index contributed by atoms with van der Waals surface area (Å²) in [5, 5.41) is 6.07. The van der Waals surface area contributed by atoms with E-state index in [1.165, 1.54) is 17.0 Å². The largest absolute Gasteiger partial charge is 0.378 e. The Kier molecular flexibility index (Phi) is 6.41. The van der Waals surface area contributed by atoms with Gasteiger partial charge in [-0.15, -0.1) is 0 Å². The highest BCUT2D eigenvalue weighted by Gasteiger charge is 2.14. The van der Waals surface area contributed by atoms with Crippen LogP contribution in [0.1, 0.15) is 11.5 Å². The number of nitrogens with one attached hydrogen (secondary N) is 2. The number of rotatable bonds is 6. The summed E-state index contributed by atoms with van der Waals surface area (Å²) >= 11 is 0. The molecule has 32 heavy (non-hydrogen) atoms. The van der Waals surface area contributed by atoms with Gasteiger partial charge in [-0.25, -0.2) is 15.0 Å². The van der Waals surface area contributed by atoms with Crippen LogP contribution in [0.2, 0.25) is 0 Å². The number of hydrogen-bond acceptors (Lipinski definition) is 8. The number of anilines is 4. The molecule has 1 aromatic carbocycles. The number of benzene rings is 1. The molecule has 166 valence electrons. The van der Waals surface area contributed by atoms with Crippen molar-refractivity contribution in [1.29, 1.82) is 0 Å². The highest BCUT2D eigenvalue weighted by molar-refractivity contribution is 5.90. The Bertz CT molecular complexity index is 1150. The second-order valence-electron chi connectivity index (χ2n) is 7.50. The minimum Gasteiger partial charge on any atom is -0.378 e. The van der Waals surface area contributed by atoms with E-state index >= 15 is 0 Å². The monoisotopic (exact) mass is 435 g/mol. The Morgan fingerprint density at radius 2 is 1.78 bits per heavy atom. The number of hydrogen-bond donors (Lipinski definition) is 2. The third-order valence-electron chi connectivity index (χ3n) is 4.93. The lowest BCUT2D eigenvalue weighted by atomic mass is 10.2. The van der Waals surface area contributed by atoms with Crippen LogP contribution in [-0.2, 0) is 16.1 Å². The van der Waals surface area contributed by atoms with Crippen molar-refractivity contribution in [3.8, 4) is 0 Å². The van der Waals surface area contributed by atoms with Gasteiger partial charge < -0.3 is 20.3 Å². The minimum absolute atomic E-state index is 0.101. The molecule has 1 amide bonds.